The molecule has 1 aromatic heterocycles. The van der Waals surface area contributed by atoms with Crippen LogP contribution < -0.4 is 9.62 Å². The van der Waals surface area contributed by atoms with Gasteiger partial charge in [-0.3, -0.25) is 9.10 Å². The lowest BCUT2D eigenvalue weighted by Crippen LogP contribution is -2.41. The summed E-state index contributed by atoms with van der Waals surface area (Å²) < 4.78 is 32.9. The van der Waals surface area contributed by atoms with Gasteiger partial charge in [-0.25, -0.2) is 8.42 Å². The number of hydrogen-bond donors (Lipinski definition) is 1. The molecule has 31 heavy (non-hydrogen) atoms. The summed E-state index contributed by atoms with van der Waals surface area (Å²) >= 11 is 7.69. The smallest absolute Gasteiger partial charge is 0.264 e. The fourth-order valence-corrected chi connectivity index (χ4v) is 5.15. The lowest BCUT2D eigenvalue weighted by atomic mass is 10.2. The number of nitrogens with zero attached hydrogens (tertiary/aromatic N) is 1. The maximum absolute atomic E-state index is 13.3. The zero-order valence-corrected chi connectivity index (χ0v) is 19.3. The Balaban J connectivity index is 1.68. The SMILES string of the molecule is Cc1ccc(S(=O)(=O)N(CC(=O)NCCSCc2ccco2)c2cccc(Cl)c2)cc1. The predicted molar refractivity (Wildman–Crippen MR) is 125 cm³/mol. The van der Waals surface area contributed by atoms with Gasteiger partial charge >= 0.3 is 0 Å². The molecule has 0 spiro atoms. The maximum atomic E-state index is 13.3. The number of nitrogens with one attached hydrogen (secondary N) is 1. The molecule has 6 nitrogen and oxygen atoms in total. The summed E-state index contributed by atoms with van der Waals surface area (Å²) in [7, 11) is -3.95. The molecule has 0 saturated carbocycles. The minimum absolute atomic E-state index is 0.111. The van der Waals surface area contributed by atoms with Crippen molar-refractivity contribution in [2.24, 2.45) is 0 Å². The van der Waals surface area contributed by atoms with Crippen LogP contribution in [0.3, 0.4) is 0 Å². The molecule has 0 aliphatic heterocycles. The van der Waals surface area contributed by atoms with E-state index in [1.54, 1.807) is 48.4 Å². The van der Waals surface area contributed by atoms with Gasteiger partial charge in [-0.05, 0) is 49.4 Å². The summed E-state index contributed by atoms with van der Waals surface area (Å²) in [6, 6.07) is 16.7. The van der Waals surface area contributed by atoms with Crippen molar-refractivity contribution < 1.29 is 17.6 Å². The maximum Gasteiger partial charge on any atom is 0.264 e. The molecule has 1 amide bonds. The highest BCUT2D eigenvalue weighted by Crippen LogP contribution is 2.26. The van der Waals surface area contributed by atoms with Gasteiger partial charge in [0.25, 0.3) is 10.0 Å². The van der Waals surface area contributed by atoms with Gasteiger partial charge in [0.05, 0.1) is 22.6 Å². The van der Waals surface area contributed by atoms with E-state index in [0.717, 1.165) is 15.6 Å². The van der Waals surface area contributed by atoms with E-state index in [2.05, 4.69) is 5.32 Å². The number of anilines is 1. The first-order chi connectivity index (χ1) is 14.9. The number of thioether (sulfide) groups is 1. The van der Waals surface area contributed by atoms with E-state index in [1.165, 1.54) is 18.2 Å². The van der Waals surface area contributed by atoms with Gasteiger partial charge in [-0.15, -0.1) is 0 Å². The molecule has 164 valence electrons. The number of benzene rings is 2. The Labute approximate surface area is 191 Å². The fourth-order valence-electron chi connectivity index (χ4n) is 2.80. The number of sulfonamides is 1. The number of halogens is 1. The number of furan rings is 1. The molecule has 3 rings (SSSR count). The summed E-state index contributed by atoms with van der Waals surface area (Å²) in [6.45, 7) is 1.94. The number of rotatable bonds is 10. The van der Waals surface area contributed by atoms with Crippen LogP contribution in [0.2, 0.25) is 5.02 Å². The summed E-state index contributed by atoms with van der Waals surface area (Å²) in [4.78, 5) is 12.7. The topological polar surface area (TPSA) is 79.6 Å². The van der Waals surface area contributed by atoms with Gasteiger partial charge in [0, 0.05) is 17.3 Å². The highest BCUT2D eigenvalue weighted by molar-refractivity contribution is 7.98. The fraction of sp³-hybridized carbons (Fsp3) is 0.227. The van der Waals surface area contributed by atoms with E-state index < -0.39 is 15.9 Å². The van der Waals surface area contributed by atoms with Crippen molar-refractivity contribution in [2.45, 2.75) is 17.6 Å². The van der Waals surface area contributed by atoms with E-state index in [-0.39, 0.29) is 11.4 Å². The van der Waals surface area contributed by atoms with Crippen molar-refractivity contribution in [1.29, 1.82) is 0 Å². The zero-order chi connectivity index (χ0) is 22.3. The molecular weight excluding hydrogens is 456 g/mol. The van der Waals surface area contributed by atoms with Crippen LogP contribution in [-0.4, -0.2) is 33.2 Å². The Kier molecular flexibility index (Phi) is 8.06. The number of carbonyl (C=O) groups is 1. The number of hydrogen-bond acceptors (Lipinski definition) is 5. The third kappa shape index (κ3) is 6.53. The average Bonchev–Trinajstić information content (AvgIpc) is 3.25. The van der Waals surface area contributed by atoms with E-state index in [9.17, 15) is 13.2 Å². The second kappa shape index (κ2) is 10.7. The Morgan fingerprint density at radius 2 is 1.90 bits per heavy atom. The lowest BCUT2D eigenvalue weighted by molar-refractivity contribution is -0.119. The molecule has 0 bridgehead atoms. The molecule has 0 unspecified atom stereocenters. The molecule has 0 aliphatic carbocycles. The van der Waals surface area contributed by atoms with E-state index in [0.29, 0.717) is 28.8 Å². The molecule has 0 atom stereocenters. The Morgan fingerprint density at radius 3 is 2.58 bits per heavy atom. The Hall–Kier alpha value is -2.42. The van der Waals surface area contributed by atoms with Crippen molar-refractivity contribution in [1.82, 2.24) is 5.32 Å². The first-order valence-corrected chi connectivity index (χ1v) is 12.6. The van der Waals surface area contributed by atoms with Crippen LogP contribution in [0.4, 0.5) is 5.69 Å². The van der Waals surface area contributed by atoms with Crippen LogP contribution in [0.1, 0.15) is 11.3 Å². The van der Waals surface area contributed by atoms with Crippen molar-refractivity contribution in [3.8, 4) is 0 Å². The molecule has 0 fully saturated rings. The van der Waals surface area contributed by atoms with E-state index in [4.69, 9.17) is 16.0 Å². The Bertz CT molecular complexity index is 1100. The third-order valence-electron chi connectivity index (χ3n) is 4.39. The highest BCUT2D eigenvalue weighted by Gasteiger charge is 2.27. The molecule has 2 aromatic carbocycles. The molecule has 0 radical (unpaired) electrons. The van der Waals surface area contributed by atoms with Crippen LogP contribution in [0.25, 0.3) is 0 Å². The van der Waals surface area contributed by atoms with Crippen LogP contribution >= 0.6 is 23.4 Å². The zero-order valence-electron chi connectivity index (χ0n) is 17.0. The minimum Gasteiger partial charge on any atom is -0.468 e. The molecule has 1 N–H and O–H groups in total. The number of aryl methyl sites for hydroxylation is 1. The second-order valence-electron chi connectivity index (χ2n) is 6.79. The summed E-state index contributed by atoms with van der Waals surface area (Å²) in [5.41, 5.74) is 1.27. The first-order valence-electron chi connectivity index (χ1n) is 9.58. The van der Waals surface area contributed by atoms with Gasteiger partial charge in [-0.1, -0.05) is 35.4 Å². The summed E-state index contributed by atoms with van der Waals surface area (Å²) in [5, 5.41) is 3.17. The van der Waals surface area contributed by atoms with E-state index >= 15 is 0 Å². The van der Waals surface area contributed by atoms with Crippen molar-refractivity contribution in [3.63, 3.8) is 0 Å². The summed E-state index contributed by atoms with van der Waals surface area (Å²) in [5.74, 6) is 1.86. The molecule has 1 heterocycles. The van der Waals surface area contributed by atoms with Gasteiger partial charge in [0.15, 0.2) is 0 Å². The summed E-state index contributed by atoms with van der Waals surface area (Å²) in [6.07, 6.45) is 1.62. The van der Waals surface area contributed by atoms with Gasteiger partial charge in [0.2, 0.25) is 5.91 Å². The molecule has 0 saturated heterocycles. The van der Waals surface area contributed by atoms with Crippen LogP contribution in [0.5, 0.6) is 0 Å². The highest BCUT2D eigenvalue weighted by atomic mass is 35.5. The quantitative estimate of drug-likeness (QED) is 0.434. The van der Waals surface area contributed by atoms with Crippen LogP contribution in [0.15, 0.2) is 76.2 Å². The number of amides is 1. The minimum atomic E-state index is -3.95. The van der Waals surface area contributed by atoms with Gasteiger partial charge in [0.1, 0.15) is 12.3 Å². The average molecular weight is 479 g/mol. The third-order valence-corrected chi connectivity index (χ3v) is 7.39. The van der Waals surface area contributed by atoms with E-state index in [1.807, 2.05) is 19.1 Å². The monoisotopic (exact) mass is 478 g/mol. The molecule has 9 heteroatoms. The molecule has 3 aromatic rings. The largest absolute Gasteiger partial charge is 0.468 e. The van der Waals surface area contributed by atoms with Crippen molar-refractivity contribution in [3.05, 3.63) is 83.3 Å². The van der Waals surface area contributed by atoms with Crippen molar-refractivity contribution in [2.75, 3.05) is 23.1 Å². The van der Waals surface area contributed by atoms with Crippen molar-refractivity contribution >= 4 is 45.0 Å². The van der Waals surface area contributed by atoms with Gasteiger partial charge < -0.3 is 9.73 Å². The van der Waals surface area contributed by atoms with Gasteiger partial charge in [-0.2, -0.15) is 11.8 Å². The standard InChI is InChI=1S/C22H23ClN2O4S2/c1-17-7-9-21(10-8-17)31(27,28)25(19-5-2-4-18(23)14-19)15-22(26)24-11-13-30-16-20-6-3-12-29-20/h2-10,12,14H,11,13,15-16H2,1H3,(H,24,26). The lowest BCUT2D eigenvalue weighted by Gasteiger charge is -2.24. The first kappa shape index (κ1) is 23.2. The van der Waals surface area contributed by atoms with Crippen LogP contribution in [-0.2, 0) is 20.6 Å². The molecule has 0 aliphatic rings. The predicted octanol–water partition coefficient (Wildman–Crippen LogP) is 4.49. The van der Waals surface area contributed by atoms with Crippen LogP contribution in [0, 0.1) is 6.92 Å². The number of carbonyl (C=O) groups excluding carboxylic acids is 1. The Morgan fingerprint density at radius 1 is 1.13 bits per heavy atom. The second-order valence-corrected chi connectivity index (χ2v) is 10.2. The molecular formula is C22H23ClN2O4S2. The normalized spacial score (nSPS) is 11.3.